The van der Waals surface area contributed by atoms with Crippen molar-refractivity contribution in [3.8, 4) is 5.88 Å². The van der Waals surface area contributed by atoms with Crippen molar-refractivity contribution in [1.29, 1.82) is 0 Å². The Kier molecular flexibility index (Phi) is 2.61. The maximum Gasteiger partial charge on any atom is 0.235 e. The molecule has 0 aliphatic heterocycles. The van der Waals surface area contributed by atoms with Crippen LogP contribution in [0, 0.1) is 5.92 Å². The van der Waals surface area contributed by atoms with Gasteiger partial charge in [-0.2, -0.15) is 4.99 Å². The van der Waals surface area contributed by atoms with Crippen LogP contribution >= 0.6 is 12.2 Å². The zero-order chi connectivity index (χ0) is 9.97. The molecule has 5 heteroatoms. The van der Waals surface area contributed by atoms with Gasteiger partial charge in [0.15, 0.2) is 5.82 Å². The van der Waals surface area contributed by atoms with E-state index in [1.165, 1.54) is 12.8 Å². The first-order valence-electron chi connectivity index (χ1n) is 4.54. The van der Waals surface area contributed by atoms with E-state index in [2.05, 4.69) is 27.5 Å². The first kappa shape index (κ1) is 9.37. The molecule has 0 saturated heterocycles. The van der Waals surface area contributed by atoms with Crippen LogP contribution < -0.4 is 4.74 Å². The molecule has 0 aromatic carbocycles. The number of aryl methyl sites for hydroxylation is 1. The van der Waals surface area contributed by atoms with Gasteiger partial charge in [-0.1, -0.05) is 0 Å². The van der Waals surface area contributed by atoms with Crippen molar-refractivity contribution in [2.75, 3.05) is 6.61 Å². The van der Waals surface area contributed by atoms with Gasteiger partial charge in [-0.05, 0) is 31.0 Å². The summed E-state index contributed by atoms with van der Waals surface area (Å²) >= 11 is 4.52. The normalized spacial score (nSPS) is 14.9. The highest BCUT2D eigenvalue weighted by atomic mass is 32.1. The number of nitrogens with zero attached hydrogens (tertiary/aromatic N) is 3. The van der Waals surface area contributed by atoms with Crippen molar-refractivity contribution in [2.24, 2.45) is 18.0 Å². The average Bonchev–Trinajstić information content (AvgIpc) is 2.91. The number of aromatic nitrogens is 2. The van der Waals surface area contributed by atoms with E-state index in [1.807, 2.05) is 0 Å². The molecule has 1 aliphatic rings. The molecule has 1 heterocycles. The second kappa shape index (κ2) is 3.90. The summed E-state index contributed by atoms with van der Waals surface area (Å²) in [5.41, 5.74) is 0. The molecule has 0 bridgehead atoms. The maximum atomic E-state index is 5.48. The molecule has 14 heavy (non-hydrogen) atoms. The van der Waals surface area contributed by atoms with Crippen LogP contribution in [0.1, 0.15) is 12.8 Å². The summed E-state index contributed by atoms with van der Waals surface area (Å²) in [6, 6.07) is 1.77. The number of rotatable bonds is 4. The molecule has 4 nitrogen and oxygen atoms in total. The summed E-state index contributed by atoms with van der Waals surface area (Å²) in [6.45, 7) is 0.762. The third kappa shape index (κ3) is 2.19. The molecule has 2 rings (SSSR count). The molecule has 0 radical (unpaired) electrons. The van der Waals surface area contributed by atoms with Crippen molar-refractivity contribution in [3.05, 3.63) is 6.07 Å². The van der Waals surface area contributed by atoms with Crippen LogP contribution in [0.3, 0.4) is 0 Å². The van der Waals surface area contributed by atoms with Crippen molar-refractivity contribution in [1.82, 2.24) is 9.78 Å². The van der Waals surface area contributed by atoms with Crippen molar-refractivity contribution in [3.63, 3.8) is 0 Å². The maximum absolute atomic E-state index is 5.48. The number of isothiocyanates is 1. The van der Waals surface area contributed by atoms with Crippen molar-refractivity contribution < 1.29 is 4.74 Å². The summed E-state index contributed by atoms with van der Waals surface area (Å²) in [5, 5.41) is 6.45. The van der Waals surface area contributed by atoms with Crippen LogP contribution in [0.2, 0.25) is 0 Å². The molecule has 0 N–H and O–H groups in total. The lowest BCUT2D eigenvalue weighted by Crippen LogP contribution is -1.99. The second-order valence-corrected chi connectivity index (χ2v) is 3.60. The van der Waals surface area contributed by atoms with E-state index in [0.29, 0.717) is 11.7 Å². The Morgan fingerprint density at radius 2 is 2.57 bits per heavy atom. The molecule has 0 amide bonds. The standard InChI is InChI=1S/C9H11N3OS/c1-12-8(10-6-14)4-9(11-12)13-5-7-2-3-7/h4,7H,2-3,5H2,1H3. The summed E-state index contributed by atoms with van der Waals surface area (Å²) in [7, 11) is 1.80. The lowest BCUT2D eigenvalue weighted by atomic mass is 10.5. The fourth-order valence-electron chi connectivity index (χ4n) is 1.14. The van der Waals surface area contributed by atoms with Gasteiger partial charge in [0, 0.05) is 13.1 Å². The van der Waals surface area contributed by atoms with Crippen LogP contribution in [0.25, 0.3) is 0 Å². The highest BCUT2D eigenvalue weighted by Gasteiger charge is 2.22. The smallest absolute Gasteiger partial charge is 0.235 e. The monoisotopic (exact) mass is 209 g/mol. The van der Waals surface area contributed by atoms with Gasteiger partial charge < -0.3 is 4.74 Å². The van der Waals surface area contributed by atoms with Crippen molar-refractivity contribution in [2.45, 2.75) is 12.8 Å². The van der Waals surface area contributed by atoms with Gasteiger partial charge in [0.05, 0.1) is 11.8 Å². The first-order valence-corrected chi connectivity index (χ1v) is 4.95. The van der Waals surface area contributed by atoms with Crippen molar-refractivity contribution >= 4 is 23.2 Å². The lowest BCUT2D eigenvalue weighted by molar-refractivity contribution is 0.285. The van der Waals surface area contributed by atoms with Gasteiger partial charge in [0.25, 0.3) is 0 Å². The second-order valence-electron chi connectivity index (χ2n) is 3.42. The predicted molar refractivity (Wildman–Crippen MR) is 56.1 cm³/mol. The van der Waals surface area contributed by atoms with Gasteiger partial charge in [-0.25, -0.2) is 4.68 Å². The quantitative estimate of drug-likeness (QED) is 0.562. The third-order valence-electron chi connectivity index (χ3n) is 2.16. The Morgan fingerprint density at radius 3 is 3.21 bits per heavy atom. The Bertz CT molecular complexity index is 377. The predicted octanol–water partition coefficient (Wildman–Crippen LogP) is 1.94. The molecule has 1 saturated carbocycles. The average molecular weight is 209 g/mol. The third-order valence-corrected chi connectivity index (χ3v) is 2.25. The van der Waals surface area contributed by atoms with Gasteiger partial charge in [-0.3, -0.25) is 0 Å². The number of hydrogen-bond acceptors (Lipinski definition) is 4. The van der Waals surface area contributed by atoms with Gasteiger partial charge in [-0.15, -0.1) is 5.10 Å². The minimum Gasteiger partial charge on any atom is -0.476 e. The fraction of sp³-hybridized carbons (Fsp3) is 0.556. The summed E-state index contributed by atoms with van der Waals surface area (Å²) < 4.78 is 7.11. The summed E-state index contributed by atoms with van der Waals surface area (Å²) in [6.07, 6.45) is 2.55. The lowest BCUT2D eigenvalue weighted by Gasteiger charge is -1.98. The van der Waals surface area contributed by atoms with E-state index in [1.54, 1.807) is 17.8 Å². The zero-order valence-corrected chi connectivity index (χ0v) is 8.75. The SMILES string of the molecule is Cn1nc(OCC2CC2)cc1N=C=S. The topological polar surface area (TPSA) is 39.4 Å². The van der Waals surface area contributed by atoms with Crippen LogP contribution in [0.5, 0.6) is 5.88 Å². The Hall–Kier alpha value is -1.19. The summed E-state index contributed by atoms with van der Waals surface area (Å²) in [4.78, 5) is 3.85. The van der Waals surface area contributed by atoms with E-state index in [9.17, 15) is 0 Å². The Morgan fingerprint density at radius 1 is 1.79 bits per heavy atom. The van der Waals surface area contributed by atoms with Gasteiger partial charge >= 0.3 is 0 Å². The number of aliphatic imine (C=N–C) groups is 1. The zero-order valence-electron chi connectivity index (χ0n) is 7.93. The van der Waals surface area contributed by atoms with Gasteiger partial charge in [0.2, 0.25) is 5.88 Å². The van der Waals surface area contributed by atoms with Gasteiger partial charge in [0.1, 0.15) is 0 Å². The number of thiocarbonyl (C=S) groups is 1. The molecular weight excluding hydrogens is 198 g/mol. The largest absolute Gasteiger partial charge is 0.476 e. The molecule has 0 atom stereocenters. The molecule has 1 aromatic heterocycles. The van der Waals surface area contributed by atoms with Crippen LogP contribution in [0.15, 0.2) is 11.1 Å². The summed E-state index contributed by atoms with van der Waals surface area (Å²) in [5.74, 6) is 2.02. The first-order chi connectivity index (χ1) is 6.79. The number of ether oxygens (including phenoxy) is 1. The van der Waals surface area contributed by atoms with Crippen LogP contribution in [-0.2, 0) is 7.05 Å². The van der Waals surface area contributed by atoms with Crippen LogP contribution in [0.4, 0.5) is 5.82 Å². The van der Waals surface area contributed by atoms with E-state index >= 15 is 0 Å². The molecule has 1 aromatic rings. The Balaban J connectivity index is 2.02. The van der Waals surface area contributed by atoms with Crippen LogP contribution in [-0.4, -0.2) is 21.5 Å². The molecule has 1 aliphatic carbocycles. The fourth-order valence-corrected chi connectivity index (χ4v) is 1.24. The minimum atomic E-state index is 0.614. The van der Waals surface area contributed by atoms with E-state index in [-0.39, 0.29) is 0 Å². The highest BCUT2D eigenvalue weighted by molar-refractivity contribution is 7.78. The Labute approximate surface area is 87.6 Å². The minimum absolute atomic E-state index is 0.614. The molecule has 74 valence electrons. The molecule has 1 fully saturated rings. The molecular formula is C9H11N3OS. The number of hydrogen-bond donors (Lipinski definition) is 0. The molecule has 0 unspecified atom stereocenters. The van der Waals surface area contributed by atoms with E-state index in [4.69, 9.17) is 4.74 Å². The van der Waals surface area contributed by atoms with E-state index < -0.39 is 0 Å². The highest BCUT2D eigenvalue weighted by Crippen LogP contribution is 2.29. The van der Waals surface area contributed by atoms with E-state index in [0.717, 1.165) is 12.5 Å². The molecule has 0 spiro atoms.